The maximum Gasteiger partial charge on any atom is 0.343 e. The predicted molar refractivity (Wildman–Crippen MR) is 88.3 cm³/mol. The number of benzene rings is 2. The molecule has 1 N–H and O–H groups in total. The summed E-state index contributed by atoms with van der Waals surface area (Å²) in [6.45, 7) is 2.61. The summed E-state index contributed by atoms with van der Waals surface area (Å²) in [6.07, 6.45) is 0.894. The minimum absolute atomic E-state index is 0.00277. The van der Waals surface area contributed by atoms with Crippen LogP contribution in [-0.4, -0.2) is 23.7 Å². The van der Waals surface area contributed by atoms with Crippen LogP contribution in [0.3, 0.4) is 0 Å². The third kappa shape index (κ3) is 4.56. The van der Waals surface area contributed by atoms with Gasteiger partial charge in [0, 0.05) is 4.47 Å². The van der Waals surface area contributed by atoms with Crippen molar-refractivity contribution in [2.75, 3.05) is 6.61 Å². The molecule has 2 aromatic carbocycles. The van der Waals surface area contributed by atoms with Crippen LogP contribution in [0.2, 0.25) is 0 Å². The second kappa shape index (κ2) is 7.78. The van der Waals surface area contributed by atoms with E-state index in [4.69, 9.17) is 14.6 Å². The Kier molecular flexibility index (Phi) is 5.76. The third-order valence-electron chi connectivity index (χ3n) is 2.94. The molecule has 0 spiro atoms. The number of aromatic carboxylic acids is 1. The van der Waals surface area contributed by atoms with Crippen molar-refractivity contribution in [1.82, 2.24) is 0 Å². The maximum atomic E-state index is 12.1. The molecule has 0 atom stereocenters. The van der Waals surface area contributed by atoms with Gasteiger partial charge in [0.25, 0.3) is 0 Å². The maximum absolute atomic E-state index is 12.1. The monoisotopic (exact) mass is 378 g/mol. The Morgan fingerprint density at radius 3 is 2.43 bits per heavy atom. The van der Waals surface area contributed by atoms with Crippen molar-refractivity contribution in [3.63, 3.8) is 0 Å². The molecule has 0 aromatic heterocycles. The summed E-state index contributed by atoms with van der Waals surface area (Å²) in [4.78, 5) is 23.3. The van der Waals surface area contributed by atoms with E-state index in [9.17, 15) is 9.59 Å². The minimum Gasteiger partial charge on any atom is -0.494 e. The molecule has 6 heteroatoms. The van der Waals surface area contributed by atoms with E-state index in [2.05, 4.69) is 15.9 Å². The summed E-state index contributed by atoms with van der Waals surface area (Å²) in [5.41, 5.74) is 0.226. The number of esters is 1. The van der Waals surface area contributed by atoms with Crippen molar-refractivity contribution in [3.8, 4) is 11.5 Å². The number of hydrogen-bond acceptors (Lipinski definition) is 4. The molecule has 5 nitrogen and oxygen atoms in total. The molecule has 0 saturated carbocycles. The summed E-state index contributed by atoms with van der Waals surface area (Å²) in [5.74, 6) is -1.13. The lowest BCUT2D eigenvalue weighted by Crippen LogP contribution is -2.11. The molecule has 0 fully saturated rings. The zero-order chi connectivity index (χ0) is 16.8. The highest BCUT2D eigenvalue weighted by molar-refractivity contribution is 9.10. The standard InChI is InChI=1S/C17H15BrO5/c1-2-9-22-13-6-3-11(4-7-13)17(21)23-15-8-5-12(18)10-14(15)16(19)20/h3-8,10H,2,9H2,1H3,(H,19,20). The fraction of sp³-hybridized carbons (Fsp3) is 0.176. The van der Waals surface area contributed by atoms with Gasteiger partial charge in [-0.05, 0) is 48.9 Å². The van der Waals surface area contributed by atoms with Crippen molar-refractivity contribution < 1.29 is 24.2 Å². The van der Waals surface area contributed by atoms with Crippen LogP contribution in [0.5, 0.6) is 11.5 Å². The first kappa shape index (κ1) is 17.0. The van der Waals surface area contributed by atoms with Gasteiger partial charge in [-0.1, -0.05) is 22.9 Å². The van der Waals surface area contributed by atoms with Crippen molar-refractivity contribution in [2.24, 2.45) is 0 Å². The fourth-order valence-electron chi connectivity index (χ4n) is 1.82. The smallest absolute Gasteiger partial charge is 0.343 e. The first-order chi connectivity index (χ1) is 11.0. The summed E-state index contributed by atoms with van der Waals surface area (Å²) in [5, 5.41) is 9.16. The number of carboxylic acid groups (broad SMARTS) is 1. The Morgan fingerprint density at radius 2 is 1.83 bits per heavy atom. The number of carbonyl (C=O) groups is 2. The van der Waals surface area contributed by atoms with E-state index in [1.54, 1.807) is 30.3 Å². The molecule has 0 heterocycles. The van der Waals surface area contributed by atoms with Gasteiger partial charge in [0.1, 0.15) is 17.1 Å². The number of rotatable bonds is 6. The molecule has 2 rings (SSSR count). The molecule has 0 radical (unpaired) electrons. The van der Waals surface area contributed by atoms with Crippen LogP contribution in [0, 0.1) is 0 Å². The summed E-state index contributed by atoms with van der Waals surface area (Å²) >= 11 is 3.19. The second-order valence-electron chi connectivity index (χ2n) is 4.71. The van der Waals surface area contributed by atoms with Gasteiger partial charge in [0.15, 0.2) is 0 Å². The highest BCUT2D eigenvalue weighted by Crippen LogP contribution is 2.24. The van der Waals surface area contributed by atoms with E-state index in [0.717, 1.165) is 6.42 Å². The number of halogens is 1. The van der Waals surface area contributed by atoms with Crippen LogP contribution in [0.1, 0.15) is 34.1 Å². The van der Waals surface area contributed by atoms with E-state index in [0.29, 0.717) is 22.4 Å². The first-order valence-electron chi connectivity index (χ1n) is 6.99. The van der Waals surface area contributed by atoms with Crippen LogP contribution in [0.15, 0.2) is 46.9 Å². The van der Waals surface area contributed by atoms with E-state index >= 15 is 0 Å². The molecule has 2 aromatic rings. The number of ether oxygens (including phenoxy) is 2. The van der Waals surface area contributed by atoms with Gasteiger partial charge in [-0.15, -0.1) is 0 Å². The lowest BCUT2D eigenvalue weighted by molar-refractivity contribution is 0.0681. The molecule has 0 aliphatic rings. The van der Waals surface area contributed by atoms with E-state index < -0.39 is 11.9 Å². The van der Waals surface area contributed by atoms with Gasteiger partial charge in [-0.25, -0.2) is 9.59 Å². The Bertz CT molecular complexity index is 709. The molecule has 120 valence electrons. The number of carbonyl (C=O) groups excluding carboxylic acids is 1. The van der Waals surface area contributed by atoms with Gasteiger partial charge >= 0.3 is 11.9 Å². The Labute approximate surface area is 142 Å². The first-order valence-corrected chi connectivity index (χ1v) is 7.78. The van der Waals surface area contributed by atoms with Gasteiger partial charge in [0.05, 0.1) is 12.2 Å². The molecular formula is C17H15BrO5. The second-order valence-corrected chi connectivity index (χ2v) is 5.62. The molecule has 0 aliphatic carbocycles. The highest BCUT2D eigenvalue weighted by Gasteiger charge is 2.16. The largest absolute Gasteiger partial charge is 0.494 e. The molecule has 0 saturated heterocycles. The van der Waals surface area contributed by atoms with Gasteiger partial charge in [-0.3, -0.25) is 0 Å². The molecule has 0 amide bonds. The van der Waals surface area contributed by atoms with E-state index in [-0.39, 0.29) is 11.3 Å². The fourth-order valence-corrected chi connectivity index (χ4v) is 2.19. The quantitative estimate of drug-likeness (QED) is 0.603. The molecule has 0 unspecified atom stereocenters. The Morgan fingerprint density at radius 1 is 1.13 bits per heavy atom. The third-order valence-corrected chi connectivity index (χ3v) is 3.43. The van der Waals surface area contributed by atoms with Crippen molar-refractivity contribution in [1.29, 1.82) is 0 Å². The van der Waals surface area contributed by atoms with Crippen molar-refractivity contribution in [3.05, 3.63) is 58.1 Å². The summed E-state index contributed by atoms with van der Waals surface area (Å²) in [6, 6.07) is 10.9. The SMILES string of the molecule is CCCOc1ccc(C(=O)Oc2ccc(Br)cc2C(=O)O)cc1. The number of carboxylic acids is 1. The van der Waals surface area contributed by atoms with Gasteiger partial charge in [0.2, 0.25) is 0 Å². The normalized spacial score (nSPS) is 10.2. The molecule has 0 bridgehead atoms. The van der Waals surface area contributed by atoms with Crippen LogP contribution >= 0.6 is 15.9 Å². The van der Waals surface area contributed by atoms with Crippen LogP contribution in [0.4, 0.5) is 0 Å². The number of hydrogen-bond donors (Lipinski definition) is 1. The molecular weight excluding hydrogens is 364 g/mol. The predicted octanol–water partition coefficient (Wildman–Crippen LogP) is 4.16. The summed E-state index contributed by atoms with van der Waals surface area (Å²) in [7, 11) is 0. The average Bonchev–Trinajstić information content (AvgIpc) is 2.54. The Balaban J connectivity index is 2.14. The van der Waals surface area contributed by atoms with E-state index in [1.807, 2.05) is 6.92 Å². The Hall–Kier alpha value is -2.34. The molecule has 23 heavy (non-hydrogen) atoms. The molecule has 0 aliphatic heterocycles. The van der Waals surface area contributed by atoms with Crippen LogP contribution in [0.25, 0.3) is 0 Å². The van der Waals surface area contributed by atoms with Crippen LogP contribution < -0.4 is 9.47 Å². The lowest BCUT2D eigenvalue weighted by atomic mass is 10.2. The van der Waals surface area contributed by atoms with Crippen LogP contribution in [-0.2, 0) is 0 Å². The van der Waals surface area contributed by atoms with Crippen molar-refractivity contribution in [2.45, 2.75) is 13.3 Å². The summed E-state index contributed by atoms with van der Waals surface area (Å²) < 4.78 is 11.2. The highest BCUT2D eigenvalue weighted by atomic mass is 79.9. The van der Waals surface area contributed by atoms with Crippen molar-refractivity contribution >= 4 is 27.9 Å². The van der Waals surface area contributed by atoms with Gasteiger partial charge in [-0.2, -0.15) is 0 Å². The zero-order valence-corrected chi connectivity index (χ0v) is 14.0. The minimum atomic E-state index is -1.17. The topological polar surface area (TPSA) is 72.8 Å². The zero-order valence-electron chi connectivity index (χ0n) is 12.4. The average molecular weight is 379 g/mol. The lowest BCUT2D eigenvalue weighted by Gasteiger charge is -2.09. The van der Waals surface area contributed by atoms with Gasteiger partial charge < -0.3 is 14.6 Å². The van der Waals surface area contributed by atoms with E-state index in [1.165, 1.54) is 12.1 Å².